The van der Waals surface area contributed by atoms with Gasteiger partial charge in [0.15, 0.2) is 0 Å². The third-order valence-corrected chi connectivity index (χ3v) is 12.0. The lowest BCUT2D eigenvalue weighted by Gasteiger charge is -2.24. The van der Waals surface area contributed by atoms with E-state index in [0.29, 0.717) is 19.3 Å². The van der Waals surface area contributed by atoms with E-state index in [1.165, 1.54) is 135 Å². The van der Waals surface area contributed by atoms with Crippen molar-refractivity contribution in [2.45, 2.75) is 289 Å². The maximum atomic E-state index is 13.1. The van der Waals surface area contributed by atoms with Gasteiger partial charge in [-0.1, -0.05) is 224 Å². The number of nitrogens with one attached hydrogen (secondary N) is 1. The molecule has 3 N–H and O–H groups in total. The van der Waals surface area contributed by atoms with E-state index < -0.39 is 18.2 Å². The first kappa shape index (κ1) is 58.1. The first-order valence-corrected chi connectivity index (χ1v) is 26.2. The Morgan fingerprint density at radius 3 is 1.37 bits per heavy atom. The predicted octanol–water partition coefficient (Wildman–Crippen LogP) is 15.7. The van der Waals surface area contributed by atoms with Gasteiger partial charge < -0.3 is 20.3 Å². The van der Waals surface area contributed by atoms with E-state index in [2.05, 4.69) is 62.5 Å². The summed E-state index contributed by atoms with van der Waals surface area (Å²) >= 11 is 0. The van der Waals surface area contributed by atoms with Crippen LogP contribution in [-0.2, 0) is 14.3 Å². The number of esters is 1. The van der Waals surface area contributed by atoms with Crippen molar-refractivity contribution in [3.05, 3.63) is 36.5 Å². The largest absolute Gasteiger partial charge is 0.462 e. The fourth-order valence-electron chi connectivity index (χ4n) is 7.95. The summed E-state index contributed by atoms with van der Waals surface area (Å²) in [6, 6.07) is -0.709. The molecule has 3 atom stereocenters. The zero-order valence-corrected chi connectivity index (χ0v) is 40.1. The molecular weight excluding hydrogens is 743 g/mol. The van der Waals surface area contributed by atoms with Crippen LogP contribution in [0, 0.1) is 0 Å². The molecule has 0 aliphatic heterocycles. The molecule has 60 heavy (non-hydrogen) atoms. The molecule has 0 heterocycles. The Morgan fingerprint density at radius 2 is 0.883 bits per heavy atom. The van der Waals surface area contributed by atoms with Crippen LogP contribution in [0.15, 0.2) is 36.5 Å². The zero-order chi connectivity index (χ0) is 43.8. The quantitative estimate of drug-likeness (QED) is 0.0245. The van der Waals surface area contributed by atoms with Crippen LogP contribution in [0.4, 0.5) is 0 Å². The van der Waals surface area contributed by atoms with E-state index in [1.807, 2.05) is 0 Å². The van der Waals surface area contributed by atoms with Crippen molar-refractivity contribution in [2.24, 2.45) is 0 Å². The molecule has 0 saturated carbocycles. The number of hydrogen-bond donors (Lipinski definition) is 3. The van der Waals surface area contributed by atoms with Gasteiger partial charge in [0.25, 0.3) is 0 Å². The highest BCUT2D eigenvalue weighted by Gasteiger charge is 2.24. The van der Waals surface area contributed by atoms with Gasteiger partial charge in [-0.25, -0.2) is 0 Å². The van der Waals surface area contributed by atoms with Gasteiger partial charge >= 0.3 is 5.97 Å². The van der Waals surface area contributed by atoms with Gasteiger partial charge in [-0.05, 0) is 70.6 Å². The summed E-state index contributed by atoms with van der Waals surface area (Å²) < 4.78 is 5.89. The molecule has 0 bridgehead atoms. The number of aliphatic hydroxyl groups is 2. The summed E-state index contributed by atoms with van der Waals surface area (Å²) in [7, 11) is 0. The van der Waals surface area contributed by atoms with Crippen LogP contribution in [0.1, 0.15) is 271 Å². The monoisotopic (exact) mass is 844 g/mol. The highest BCUT2D eigenvalue weighted by Crippen LogP contribution is 2.18. The van der Waals surface area contributed by atoms with Gasteiger partial charge in [-0.15, -0.1) is 0 Å². The van der Waals surface area contributed by atoms with Crippen molar-refractivity contribution >= 4 is 11.9 Å². The minimum Gasteiger partial charge on any atom is -0.462 e. The minimum absolute atomic E-state index is 0.0573. The standard InChI is InChI=1S/C54H101NO5/c1-4-7-10-13-16-19-21-23-25-27-28-30-32-34-37-40-43-46-52(57)51(49-56)55-53(58)48-50(45-42-39-36-18-15-12-9-6-3)60-54(59)47-44-41-38-35-33-31-29-26-24-22-20-17-14-11-8-5-2/h12,15,26,29,31,33,50-52,56-57H,4-11,13-14,16-25,27-28,30,32,34-49H2,1-3H3,(H,55,58)/b15-12-,29-26+,33-31+. The van der Waals surface area contributed by atoms with Crippen molar-refractivity contribution in [3.8, 4) is 0 Å². The van der Waals surface area contributed by atoms with Crippen LogP contribution >= 0.6 is 0 Å². The molecule has 0 spiro atoms. The number of amides is 1. The molecule has 0 aliphatic rings. The van der Waals surface area contributed by atoms with Gasteiger partial charge in [0.2, 0.25) is 5.91 Å². The van der Waals surface area contributed by atoms with E-state index in [0.717, 1.165) is 89.9 Å². The maximum absolute atomic E-state index is 13.1. The number of carbonyl (C=O) groups is 2. The summed E-state index contributed by atoms with van der Waals surface area (Å²) in [5.74, 6) is -0.518. The summed E-state index contributed by atoms with van der Waals surface area (Å²) in [6.07, 6.45) is 56.5. The lowest BCUT2D eigenvalue weighted by atomic mass is 10.0. The lowest BCUT2D eigenvalue weighted by Crippen LogP contribution is -2.46. The van der Waals surface area contributed by atoms with E-state index >= 15 is 0 Å². The fraction of sp³-hybridized carbons (Fsp3) is 0.852. The second-order valence-corrected chi connectivity index (χ2v) is 17.9. The number of rotatable bonds is 47. The Kier molecular flexibility index (Phi) is 46.6. The molecule has 3 unspecified atom stereocenters. The Morgan fingerprint density at radius 1 is 0.483 bits per heavy atom. The molecule has 352 valence electrons. The van der Waals surface area contributed by atoms with Gasteiger partial charge in [0.05, 0.1) is 25.2 Å². The summed E-state index contributed by atoms with van der Waals surface area (Å²) in [6.45, 7) is 6.41. The van der Waals surface area contributed by atoms with E-state index in [4.69, 9.17) is 4.74 Å². The zero-order valence-electron chi connectivity index (χ0n) is 40.1. The van der Waals surface area contributed by atoms with E-state index in [1.54, 1.807) is 0 Å². The molecule has 0 saturated heterocycles. The molecule has 0 fully saturated rings. The van der Waals surface area contributed by atoms with Crippen molar-refractivity contribution < 1.29 is 24.5 Å². The topological polar surface area (TPSA) is 95.9 Å². The SMILES string of the molecule is CCC/C=C\CCCCCC(CC(=O)NC(CO)C(O)CCCCCCCCCCCCCCCCCCC)OC(=O)CCCCC/C=C/C=C/CCCCCCCCC. The van der Waals surface area contributed by atoms with Crippen LogP contribution in [0.25, 0.3) is 0 Å². The first-order chi connectivity index (χ1) is 29.5. The summed E-state index contributed by atoms with van der Waals surface area (Å²) in [5.41, 5.74) is 0. The average molecular weight is 844 g/mol. The predicted molar refractivity (Wildman–Crippen MR) is 259 cm³/mol. The molecule has 0 aromatic heterocycles. The van der Waals surface area contributed by atoms with Crippen LogP contribution in [0.2, 0.25) is 0 Å². The van der Waals surface area contributed by atoms with E-state index in [-0.39, 0.29) is 24.9 Å². The van der Waals surface area contributed by atoms with Crippen LogP contribution in [0.5, 0.6) is 0 Å². The molecule has 0 aromatic rings. The second kappa shape index (κ2) is 48.1. The van der Waals surface area contributed by atoms with Crippen LogP contribution in [0.3, 0.4) is 0 Å². The Hall–Kier alpha value is -1.92. The normalized spacial score (nSPS) is 13.5. The highest BCUT2D eigenvalue weighted by molar-refractivity contribution is 5.77. The molecule has 6 nitrogen and oxygen atoms in total. The minimum atomic E-state index is -0.794. The van der Waals surface area contributed by atoms with Gasteiger partial charge in [-0.2, -0.15) is 0 Å². The number of carbonyl (C=O) groups excluding carboxylic acids is 2. The Balaban J connectivity index is 4.41. The molecular formula is C54H101NO5. The molecule has 0 radical (unpaired) electrons. The summed E-state index contributed by atoms with van der Waals surface area (Å²) in [5, 5.41) is 23.7. The molecule has 0 aromatic carbocycles. The third kappa shape index (κ3) is 42.8. The number of unbranched alkanes of at least 4 members (excludes halogenated alkanes) is 30. The van der Waals surface area contributed by atoms with Crippen LogP contribution < -0.4 is 5.32 Å². The van der Waals surface area contributed by atoms with Gasteiger partial charge in [0, 0.05) is 6.42 Å². The molecule has 6 heteroatoms. The van der Waals surface area contributed by atoms with Crippen molar-refractivity contribution in [1.29, 1.82) is 0 Å². The maximum Gasteiger partial charge on any atom is 0.306 e. The van der Waals surface area contributed by atoms with Crippen molar-refractivity contribution in [1.82, 2.24) is 5.32 Å². The summed E-state index contributed by atoms with van der Waals surface area (Å²) in [4.78, 5) is 26.0. The van der Waals surface area contributed by atoms with Gasteiger partial charge in [-0.3, -0.25) is 9.59 Å². The third-order valence-electron chi connectivity index (χ3n) is 12.0. The lowest BCUT2D eigenvalue weighted by molar-refractivity contribution is -0.151. The van der Waals surface area contributed by atoms with Crippen LogP contribution in [-0.4, -0.2) is 46.9 Å². The number of ether oxygens (including phenoxy) is 1. The van der Waals surface area contributed by atoms with Crippen molar-refractivity contribution in [2.75, 3.05) is 6.61 Å². The average Bonchev–Trinajstić information content (AvgIpc) is 3.24. The first-order valence-electron chi connectivity index (χ1n) is 26.2. The number of aliphatic hydroxyl groups excluding tert-OH is 2. The molecule has 0 aliphatic carbocycles. The number of hydrogen-bond acceptors (Lipinski definition) is 5. The second-order valence-electron chi connectivity index (χ2n) is 17.9. The number of allylic oxidation sites excluding steroid dienone is 6. The molecule has 0 rings (SSSR count). The Bertz CT molecular complexity index is 993. The smallest absolute Gasteiger partial charge is 0.306 e. The Labute approximate surface area is 373 Å². The highest BCUT2D eigenvalue weighted by atomic mass is 16.5. The fourth-order valence-corrected chi connectivity index (χ4v) is 7.95. The molecule has 1 amide bonds. The van der Waals surface area contributed by atoms with Gasteiger partial charge in [0.1, 0.15) is 6.10 Å². The van der Waals surface area contributed by atoms with Crippen molar-refractivity contribution in [3.63, 3.8) is 0 Å². The van der Waals surface area contributed by atoms with E-state index in [9.17, 15) is 19.8 Å².